The summed E-state index contributed by atoms with van der Waals surface area (Å²) in [5.41, 5.74) is 4.50. The van der Waals surface area contributed by atoms with Crippen molar-refractivity contribution >= 4 is 11.0 Å². The molecule has 0 bridgehead atoms. The van der Waals surface area contributed by atoms with Crippen LogP contribution < -0.4 is 20.9 Å². The number of hydrogen-bond donors (Lipinski definition) is 1. The minimum atomic E-state index is 0.00753. The van der Waals surface area contributed by atoms with E-state index in [9.17, 15) is 0 Å². The topological polar surface area (TPSA) is 70.0 Å². The van der Waals surface area contributed by atoms with Gasteiger partial charge in [-0.15, -0.1) is 5.10 Å². The third-order valence-corrected chi connectivity index (χ3v) is 6.40. The summed E-state index contributed by atoms with van der Waals surface area (Å²) < 4.78 is 17.8. The molecule has 2 N–H and O–H groups in total. The molecule has 0 atom stereocenters. The molecule has 0 unspecified atom stereocenters. The number of ether oxygens (including phenoxy) is 2. The third kappa shape index (κ3) is 3.24. The summed E-state index contributed by atoms with van der Waals surface area (Å²) in [5, 5.41) is 4.85. The van der Waals surface area contributed by atoms with Gasteiger partial charge >= 0.3 is 0 Å². The van der Waals surface area contributed by atoms with Gasteiger partial charge in [0, 0.05) is 17.5 Å². The lowest BCUT2D eigenvalue weighted by molar-refractivity contribution is 0.0109. The van der Waals surface area contributed by atoms with E-state index < -0.39 is 0 Å². The van der Waals surface area contributed by atoms with Gasteiger partial charge in [-0.25, -0.2) is 0 Å². The molecule has 1 aliphatic carbocycles. The zero-order chi connectivity index (χ0) is 19.8. The molecule has 0 radical (unpaired) electrons. The van der Waals surface area contributed by atoms with Crippen LogP contribution >= 0.6 is 0 Å². The van der Waals surface area contributed by atoms with Crippen LogP contribution in [0.3, 0.4) is 0 Å². The van der Waals surface area contributed by atoms with Crippen LogP contribution in [0.5, 0.6) is 11.5 Å². The second-order valence-electron chi connectivity index (χ2n) is 8.16. The van der Waals surface area contributed by atoms with Gasteiger partial charge in [0.1, 0.15) is 22.7 Å². The van der Waals surface area contributed by atoms with Crippen molar-refractivity contribution in [3.63, 3.8) is 0 Å². The minimum Gasteiger partial charge on any atom is -0.497 e. The van der Waals surface area contributed by atoms with Crippen molar-refractivity contribution < 1.29 is 13.9 Å². The van der Waals surface area contributed by atoms with E-state index in [-0.39, 0.29) is 5.60 Å². The monoisotopic (exact) mass is 390 g/mol. The quantitative estimate of drug-likeness (QED) is 0.498. The molecule has 5 nitrogen and oxygen atoms in total. The lowest BCUT2D eigenvalue weighted by Crippen LogP contribution is -2.41. The Labute approximate surface area is 170 Å². The van der Waals surface area contributed by atoms with Gasteiger partial charge < -0.3 is 19.7 Å². The molecule has 5 heteroatoms. The Morgan fingerprint density at radius 1 is 1.00 bits per heavy atom. The van der Waals surface area contributed by atoms with Gasteiger partial charge in [-0.3, -0.25) is 0 Å². The maximum atomic E-state index is 6.58. The van der Waals surface area contributed by atoms with Gasteiger partial charge in [0.05, 0.1) is 7.11 Å². The molecule has 1 spiro atoms. The van der Waals surface area contributed by atoms with Crippen LogP contribution in [-0.2, 0) is 6.42 Å². The van der Waals surface area contributed by atoms with E-state index in [2.05, 4.69) is 11.2 Å². The zero-order valence-corrected chi connectivity index (χ0v) is 16.7. The number of nitrogens with two attached hydrogens (primary N) is 1. The van der Waals surface area contributed by atoms with Crippen molar-refractivity contribution in [3.05, 3.63) is 53.6 Å². The van der Waals surface area contributed by atoms with Gasteiger partial charge in [0.15, 0.2) is 0 Å². The largest absolute Gasteiger partial charge is 0.497 e. The predicted molar refractivity (Wildman–Crippen MR) is 113 cm³/mol. The molecule has 1 fully saturated rings. The molecular weight excluding hydrogens is 364 g/mol. The molecule has 2 heterocycles. The maximum absolute atomic E-state index is 6.58. The summed E-state index contributed by atoms with van der Waals surface area (Å²) in [6, 6.07) is 14.1. The van der Waals surface area contributed by atoms with E-state index in [0.717, 1.165) is 59.3 Å². The van der Waals surface area contributed by atoms with Crippen LogP contribution in [0.4, 0.5) is 0 Å². The second-order valence-corrected chi connectivity index (χ2v) is 8.16. The first kappa shape index (κ1) is 18.1. The van der Waals surface area contributed by atoms with Crippen molar-refractivity contribution in [2.24, 2.45) is 10.9 Å². The summed E-state index contributed by atoms with van der Waals surface area (Å²) in [5.74, 6) is 7.34. The number of fused-ring (bicyclic) bond motifs is 2. The lowest BCUT2D eigenvalue weighted by atomic mass is 9.79. The van der Waals surface area contributed by atoms with Gasteiger partial charge in [-0.05, 0) is 73.4 Å². The van der Waals surface area contributed by atoms with Crippen molar-refractivity contribution in [2.45, 2.75) is 50.5 Å². The molecule has 1 saturated carbocycles. The van der Waals surface area contributed by atoms with Crippen LogP contribution in [-0.4, -0.2) is 12.7 Å². The number of benzene rings is 2. The second kappa shape index (κ2) is 7.14. The zero-order valence-electron chi connectivity index (χ0n) is 16.7. The SMILES string of the molecule is COc1ccc(-c2cc(=NN)oc3cc4c(cc23)CCC2(CCCCC2)O4)cc1. The Morgan fingerprint density at radius 3 is 2.52 bits per heavy atom. The van der Waals surface area contributed by atoms with E-state index in [1.165, 1.54) is 24.8 Å². The number of methoxy groups -OCH3 is 1. The Balaban J connectivity index is 1.64. The summed E-state index contributed by atoms with van der Waals surface area (Å²) in [6.07, 6.45) is 8.26. The first-order valence-electron chi connectivity index (χ1n) is 10.4. The predicted octanol–water partition coefficient (Wildman–Crippen LogP) is 4.91. The highest BCUT2D eigenvalue weighted by molar-refractivity contribution is 5.94. The molecule has 0 saturated heterocycles. The van der Waals surface area contributed by atoms with Crippen LogP contribution in [0.15, 0.2) is 52.0 Å². The average Bonchev–Trinajstić information content (AvgIpc) is 2.77. The molecule has 150 valence electrons. The fourth-order valence-electron chi connectivity index (χ4n) is 4.80. The van der Waals surface area contributed by atoms with Gasteiger partial charge in [-0.1, -0.05) is 18.6 Å². The van der Waals surface area contributed by atoms with E-state index in [0.29, 0.717) is 5.55 Å². The summed E-state index contributed by atoms with van der Waals surface area (Å²) >= 11 is 0. The van der Waals surface area contributed by atoms with E-state index >= 15 is 0 Å². The van der Waals surface area contributed by atoms with Crippen LogP contribution in [0, 0.1) is 0 Å². The number of nitrogens with zero attached hydrogens (tertiary/aromatic N) is 1. The standard InChI is InChI=1S/C24H26N2O3/c1-27-18-7-5-16(6-8-18)19-14-23(26-25)28-22-15-21-17(13-20(19)22)9-12-24(29-21)10-3-2-4-11-24/h5-8,13-15H,2-4,9-12,25H2,1H3. The fourth-order valence-corrected chi connectivity index (χ4v) is 4.80. The molecule has 2 aromatic carbocycles. The van der Waals surface area contributed by atoms with E-state index in [1.807, 2.05) is 36.4 Å². The van der Waals surface area contributed by atoms with E-state index in [4.69, 9.17) is 19.7 Å². The summed E-state index contributed by atoms with van der Waals surface area (Å²) in [7, 11) is 1.67. The van der Waals surface area contributed by atoms with Crippen molar-refractivity contribution in [1.82, 2.24) is 0 Å². The Bertz CT molecular complexity index is 1110. The van der Waals surface area contributed by atoms with Crippen molar-refractivity contribution in [1.29, 1.82) is 0 Å². The Hall–Kier alpha value is -2.95. The summed E-state index contributed by atoms with van der Waals surface area (Å²) in [6.45, 7) is 0. The molecule has 0 amide bonds. The van der Waals surface area contributed by atoms with Crippen molar-refractivity contribution in [3.8, 4) is 22.6 Å². The maximum Gasteiger partial charge on any atom is 0.236 e. The molecule has 29 heavy (non-hydrogen) atoms. The fraction of sp³-hybridized carbons (Fsp3) is 0.375. The van der Waals surface area contributed by atoms with Gasteiger partial charge in [0.2, 0.25) is 5.55 Å². The highest BCUT2D eigenvalue weighted by Gasteiger charge is 2.37. The van der Waals surface area contributed by atoms with Gasteiger partial charge in [0.25, 0.3) is 0 Å². The Kier molecular flexibility index (Phi) is 4.46. The molecule has 3 aromatic rings. The average molecular weight is 390 g/mol. The number of rotatable bonds is 2. The highest BCUT2D eigenvalue weighted by Crippen LogP contribution is 2.44. The van der Waals surface area contributed by atoms with Crippen molar-refractivity contribution in [2.75, 3.05) is 7.11 Å². The molecule has 1 aliphatic heterocycles. The molecule has 2 aliphatic rings. The number of hydrogen-bond acceptors (Lipinski definition) is 5. The van der Waals surface area contributed by atoms with Gasteiger partial charge in [-0.2, -0.15) is 0 Å². The molecule has 5 rings (SSSR count). The highest BCUT2D eigenvalue weighted by atomic mass is 16.5. The first-order chi connectivity index (χ1) is 14.2. The lowest BCUT2D eigenvalue weighted by Gasteiger charge is -2.41. The normalized spacial score (nSPS) is 18.4. The number of aryl methyl sites for hydroxylation is 1. The smallest absolute Gasteiger partial charge is 0.236 e. The third-order valence-electron chi connectivity index (χ3n) is 6.40. The summed E-state index contributed by atoms with van der Waals surface area (Å²) in [4.78, 5) is 0. The first-order valence-corrected chi connectivity index (χ1v) is 10.4. The van der Waals surface area contributed by atoms with E-state index in [1.54, 1.807) is 7.11 Å². The van der Waals surface area contributed by atoms with Crippen LogP contribution in [0.1, 0.15) is 44.1 Å². The minimum absolute atomic E-state index is 0.00753. The van der Waals surface area contributed by atoms with Crippen LogP contribution in [0.2, 0.25) is 0 Å². The molecular formula is C24H26N2O3. The Morgan fingerprint density at radius 2 is 1.79 bits per heavy atom. The van der Waals surface area contributed by atoms with Crippen LogP contribution in [0.25, 0.3) is 22.1 Å². The molecule has 1 aromatic heterocycles.